The van der Waals surface area contributed by atoms with E-state index in [0.29, 0.717) is 27.6 Å². The lowest BCUT2D eigenvalue weighted by Gasteiger charge is -2.17. The molecule has 28 heavy (non-hydrogen) atoms. The Hall–Kier alpha value is -2.93. The van der Waals surface area contributed by atoms with Crippen LogP contribution in [0, 0.1) is 18.7 Å². The number of anilines is 1. The van der Waals surface area contributed by atoms with Crippen LogP contribution in [0.4, 0.5) is 10.1 Å². The van der Waals surface area contributed by atoms with Crippen LogP contribution in [0.15, 0.2) is 42.7 Å². The number of benzene rings is 1. The maximum Gasteiger partial charge on any atom is 0.311 e. The summed E-state index contributed by atoms with van der Waals surface area (Å²) in [6.07, 6.45) is 3.48. The molecular weight excluding hydrogens is 385 g/mol. The molecule has 3 aromatic rings. The van der Waals surface area contributed by atoms with Gasteiger partial charge in [-0.2, -0.15) is 0 Å². The van der Waals surface area contributed by atoms with Crippen molar-refractivity contribution >= 4 is 34.8 Å². The molecule has 0 bridgehead atoms. The summed E-state index contributed by atoms with van der Waals surface area (Å²) in [5.41, 5.74) is 2.22. The lowest BCUT2D eigenvalue weighted by molar-refractivity contribution is -0.149. The van der Waals surface area contributed by atoms with E-state index >= 15 is 0 Å². The molecule has 1 amide bonds. The van der Waals surface area contributed by atoms with Crippen LogP contribution < -0.4 is 4.90 Å². The highest BCUT2D eigenvalue weighted by molar-refractivity contribution is 6.30. The second kappa shape index (κ2) is 7.24. The van der Waals surface area contributed by atoms with Gasteiger partial charge in [0.05, 0.1) is 16.6 Å². The first-order chi connectivity index (χ1) is 13.4. The van der Waals surface area contributed by atoms with E-state index in [4.69, 9.17) is 16.3 Å². The molecule has 1 aliphatic heterocycles. The Morgan fingerprint density at radius 3 is 2.93 bits per heavy atom. The number of hydrogen-bond donors (Lipinski definition) is 0. The lowest BCUT2D eigenvalue weighted by Crippen LogP contribution is -2.26. The lowest BCUT2D eigenvalue weighted by atomic mass is 10.1. The van der Waals surface area contributed by atoms with E-state index in [2.05, 4.69) is 4.98 Å². The van der Waals surface area contributed by atoms with Crippen LogP contribution in [0.1, 0.15) is 17.7 Å². The van der Waals surface area contributed by atoms with E-state index in [-0.39, 0.29) is 31.3 Å². The van der Waals surface area contributed by atoms with Crippen molar-refractivity contribution in [1.82, 2.24) is 9.38 Å². The molecule has 0 spiro atoms. The molecule has 144 valence electrons. The normalized spacial score (nSPS) is 16.8. The number of carbonyl (C=O) groups excluding carboxylic acids is 2. The van der Waals surface area contributed by atoms with Crippen LogP contribution in [-0.4, -0.2) is 27.8 Å². The molecule has 0 N–H and O–H groups in total. The van der Waals surface area contributed by atoms with Gasteiger partial charge in [-0.05, 0) is 36.8 Å². The Morgan fingerprint density at radius 2 is 2.14 bits per heavy atom. The third-order valence-electron chi connectivity index (χ3n) is 4.75. The monoisotopic (exact) mass is 401 g/mol. The van der Waals surface area contributed by atoms with Gasteiger partial charge < -0.3 is 14.0 Å². The molecule has 1 atom stereocenters. The summed E-state index contributed by atoms with van der Waals surface area (Å²) in [6, 6.07) is 8.09. The number of ether oxygens (including phenoxy) is 1. The van der Waals surface area contributed by atoms with Crippen molar-refractivity contribution in [2.75, 3.05) is 11.4 Å². The number of imidazole rings is 1. The van der Waals surface area contributed by atoms with Crippen LogP contribution in [0.2, 0.25) is 5.02 Å². The number of pyridine rings is 1. The van der Waals surface area contributed by atoms with Crippen molar-refractivity contribution in [3.63, 3.8) is 0 Å². The molecule has 1 aliphatic rings. The summed E-state index contributed by atoms with van der Waals surface area (Å²) in [4.78, 5) is 30.5. The van der Waals surface area contributed by atoms with E-state index in [0.717, 1.165) is 0 Å². The van der Waals surface area contributed by atoms with Crippen molar-refractivity contribution in [2.24, 2.45) is 5.92 Å². The minimum Gasteiger partial charge on any atom is -0.459 e. The minimum absolute atomic E-state index is 0.00197. The van der Waals surface area contributed by atoms with Crippen molar-refractivity contribution < 1.29 is 18.7 Å². The number of nitrogens with zero attached hydrogens (tertiary/aromatic N) is 3. The first-order valence-electron chi connectivity index (χ1n) is 8.77. The first kappa shape index (κ1) is 18.4. The van der Waals surface area contributed by atoms with Crippen molar-refractivity contribution in [3.8, 4) is 0 Å². The molecule has 1 saturated heterocycles. The Balaban J connectivity index is 1.40. The number of carbonyl (C=O) groups is 2. The van der Waals surface area contributed by atoms with E-state index < -0.39 is 11.9 Å². The quantitative estimate of drug-likeness (QED) is 0.627. The van der Waals surface area contributed by atoms with Crippen molar-refractivity contribution in [2.45, 2.75) is 20.0 Å². The average Bonchev–Trinajstić information content (AvgIpc) is 3.25. The third kappa shape index (κ3) is 3.57. The summed E-state index contributed by atoms with van der Waals surface area (Å²) in [5, 5.41) is 0.575. The second-order valence-corrected chi connectivity index (χ2v) is 7.23. The number of hydrogen-bond acceptors (Lipinski definition) is 4. The summed E-state index contributed by atoms with van der Waals surface area (Å²) in [6.45, 7) is 1.82. The highest BCUT2D eigenvalue weighted by Gasteiger charge is 2.36. The van der Waals surface area contributed by atoms with Crippen LogP contribution in [-0.2, 0) is 20.9 Å². The highest BCUT2D eigenvalue weighted by atomic mass is 35.5. The molecule has 4 rings (SSSR count). The zero-order valence-electron chi connectivity index (χ0n) is 15.1. The molecule has 1 aromatic carbocycles. The zero-order valence-corrected chi connectivity index (χ0v) is 15.8. The summed E-state index contributed by atoms with van der Waals surface area (Å²) >= 11 is 5.94. The smallest absolute Gasteiger partial charge is 0.311 e. The minimum atomic E-state index is -0.594. The van der Waals surface area contributed by atoms with E-state index in [1.54, 1.807) is 48.0 Å². The van der Waals surface area contributed by atoms with Gasteiger partial charge in [0.1, 0.15) is 18.1 Å². The van der Waals surface area contributed by atoms with Gasteiger partial charge >= 0.3 is 5.97 Å². The number of rotatable bonds is 4. The molecular formula is C20H17ClFN3O3. The van der Waals surface area contributed by atoms with Gasteiger partial charge in [0, 0.05) is 31.0 Å². The summed E-state index contributed by atoms with van der Waals surface area (Å²) in [7, 11) is 0. The average molecular weight is 402 g/mol. The molecule has 8 heteroatoms. The van der Waals surface area contributed by atoms with Crippen LogP contribution in [0.25, 0.3) is 5.65 Å². The van der Waals surface area contributed by atoms with Crippen molar-refractivity contribution in [1.29, 1.82) is 0 Å². The zero-order chi connectivity index (χ0) is 19.8. The highest BCUT2D eigenvalue weighted by Crippen LogP contribution is 2.27. The number of amides is 1. The molecule has 0 unspecified atom stereocenters. The first-order valence-corrected chi connectivity index (χ1v) is 9.15. The number of aryl methyl sites for hydroxylation is 1. The topological polar surface area (TPSA) is 63.9 Å². The van der Waals surface area contributed by atoms with Crippen LogP contribution in [0.3, 0.4) is 0 Å². The number of esters is 1. The van der Waals surface area contributed by atoms with E-state index in [1.165, 1.54) is 11.0 Å². The SMILES string of the molecule is Cc1ccc(N2C[C@@H](C(=O)OCc3cn4cc(Cl)ccc4n3)CC2=O)cc1F. The molecule has 0 aliphatic carbocycles. The van der Waals surface area contributed by atoms with Crippen LogP contribution in [0.5, 0.6) is 0 Å². The molecule has 6 nitrogen and oxygen atoms in total. The number of fused-ring (bicyclic) bond motifs is 1. The van der Waals surface area contributed by atoms with Crippen molar-refractivity contribution in [3.05, 3.63) is 64.8 Å². The summed E-state index contributed by atoms with van der Waals surface area (Å²) in [5.74, 6) is -1.68. The third-order valence-corrected chi connectivity index (χ3v) is 4.98. The Labute approximate surface area is 165 Å². The second-order valence-electron chi connectivity index (χ2n) is 6.79. The molecule has 2 aromatic heterocycles. The number of aromatic nitrogens is 2. The predicted molar refractivity (Wildman–Crippen MR) is 102 cm³/mol. The number of halogens is 2. The fourth-order valence-corrected chi connectivity index (χ4v) is 3.38. The van der Waals surface area contributed by atoms with Gasteiger partial charge in [-0.3, -0.25) is 9.59 Å². The van der Waals surface area contributed by atoms with Crippen LogP contribution >= 0.6 is 11.6 Å². The summed E-state index contributed by atoms with van der Waals surface area (Å²) < 4.78 is 20.9. The molecule has 3 heterocycles. The maximum atomic E-state index is 13.8. The van der Waals surface area contributed by atoms with E-state index in [9.17, 15) is 14.0 Å². The maximum absolute atomic E-state index is 13.8. The van der Waals surface area contributed by atoms with E-state index in [1.807, 2.05) is 0 Å². The fraction of sp³-hybridized carbons (Fsp3) is 0.250. The Kier molecular flexibility index (Phi) is 4.77. The fourth-order valence-electron chi connectivity index (χ4n) is 3.21. The van der Waals surface area contributed by atoms with Gasteiger partial charge in [0.15, 0.2) is 0 Å². The van der Waals surface area contributed by atoms with Gasteiger partial charge in [-0.1, -0.05) is 17.7 Å². The Morgan fingerprint density at radius 1 is 1.32 bits per heavy atom. The van der Waals surface area contributed by atoms with Gasteiger partial charge in [-0.25, -0.2) is 9.37 Å². The predicted octanol–water partition coefficient (Wildman–Crippen LogP) is 3.53. The molecule has 1 fully saturated rings. The Bertz CT molecular complexity index is 1080. The standard InChI is InChI=1S/C20H17ClFN3O3/c1-12-2-4-16(7-17(12)22)25-8-13(6-19(25)26)20(27)28-11-15-10-24-9-14(21)3-5-18(24)23-15/h2-5,7,9-10,13H,6,8,11H2,1H3/t13-/m0/s1. The van der Waals surface area contributed by atoms with Gasteiger partial charge in [-0.15, -0.1) is 0 Å². The molecule has 0 saturated carbocycles. The molecule has 0 radical (unpaired) electrons. The van der Waals surface area contributed by atoms with Gasteiger partial charge in [0.25, 0.3) is 0 Å². The largest absolute Gasteiger partial charge is 0.459 e. The van der Waals surface area contributed by atoms with Gasteiger partial charge in [0.2, 0.25) is 5.91 Å².